The summed E-state index contributed by atoms with van der Waals surface area (Å²) < 4.78 is 22.6. The van der Waals surface area contributed by atoms with E-state index in [1.165, 1.54) is 24.3 Å². The highest BCUT2D eigenvalue weighted by Crippen LogP contribution is 2.13. The Balaban J connectivity index is 2.68. The molecule has 8 heteroatoms. The molecular weight excluding hydrogens is 296 g/mol. The maximum absolute atomic E-state index is 11.7. The lowest BCUT2D eigenvalue weighted by Crippen LogP contribution is -2.42. The van der Waals surface area contributed by atoms with Gasteiger partial charge in [-0.25, -0.2) is 18.0 Å². The molecular formula is C13H18N2O5S. The van der Waals surface area contributed by atoms with E-state index in [0.29, 0.717) is 18.5 Å². The third-order valence-electron chi connectivity index (χ3n) is 2.72. The first kappa shape index (κ1) is 17.0. The van der Waals surface area contributed by atoms with E-state index in [0.717, 1.165) is 6.26 Å². The molecule has 0 aliphatic heterocycles. The van der Waals surface area contributed by atoms with Crippen LogP contribution >= 0.6 is 0 Å². The van der Waals surface area contributed by atoms with Crippen molar-refractivity contribution in [1.29, 1.82) is 0 Å². The predicted octanol–water partition coefficient (Wildman–Crippen LogP) is 1.46. The SMILES string of the molecule is CCC[C@@H](NC(=O)Nc1ccc(S(C)(=O)=O)cc1)C(=O)O. The number of nitrogens with one attached hydrogen (secondary N) is 2. The Morgan fingerprint density at radius 3 is 2.24 bits per heavy atom. The largest absolute Gasteiger partial charge is 0.480 e. The molecule has 1 atom stereocenters. The van der Waals surface area contributed by atoms with E-state index in [1.54, 1.807) is 0 Å². The number of hydrogen-bond acceptors (Lipinski definition) is 4. The number of rotatable bonds is 6. The van der Waals surface area contributed by atoms with Gasteiger partial charge < -0.3 is 15.7 Å². The van der Waals surface area contributed by atoms with Crippen molar-refractivity contribution in [3.8, 4) is 0 Å². The number of sulfone groups is 1. The van der Waals surface area contributed by atoms with E-state index >= 15 is 0 Å². The molecule has 1 rings (SSSR count). The molecule has 2 amide bonds. The number of aliphatic carboxylic acids is 1. The lowest BCUT2D eigenvalue weighted by Gasteiger charge is -2.14. The van der Waals surface area contributed by atoms with E-state index < -0.39 is 27.9 Å². The minimum absolute atomic E-state index is 0.142. The van der Waals surface area contributed by atoms with E-state index in [9.17, 15) is 18.0 Å². The summed E-state index contributed by atoms with van der Waals surface area (Å²) in [6.07, 6.45) is 2.04. The first-order valence-corrected chi connectivity index (χ1v) is 8.23. The number of urea groups is 1. The molecule has 0 aliphatic rings. The van der Waals surface area contributed by atoms with Crippen LogP contribution in [0.2, 0.25) is 0 Å². The van der Waals surface area contributed by atoms with Crippen LogP contribution in [0.3, 0.4) is 0 Å². The third kappa shape index (κ3) is 5.42. The van der Waals surface area contributed by atoms with Crippen molar-refractivity contribution < 1.29 is 23.1 Å². The molecule has 0 saturated carbocycles. The van der Waals surface area contributed by atoms with Gasteiger partial charge in [-0.05, 0) is 30.7 Å². The van der Waals surface area contributed by atoms with Crippen molar-refractivity contribution in [2.75, 3.05) is 11.6 Å². The van der Waals surface area contributed by atoms with E-state index in [1.807, 2.05) is 6.92 Å². The van der Waals surface area contributed by atoms with Crippen molar-refractivity contribution in [3.05, 3.63) is 24.3 Å². The summed E-state index contributed by atoms with van der Waals surface area (Å²) >= 11 is 0. The molecule has 0 heterocycles. The van der Waals surface area contributed by atoms with Gasteiger partial charge in [0.05, 0.1) is 4.90 Å². The minimum atomic E-state index is -3.29. The van der Waals surface area contributed by atoms with Crippen LogP contribution in [-0.2, 0) is 14.6 Å². The molecule has 1 aromatic rings. The normalized spacial score (nSPS) is 12.5. The maximum Gasteiger partial charge on any atom is 0.326 e. The fraction of sp³-hybridized carbons (Fsp3) is 0.385. The summed E-state index contributed by atoms with van der Waals surface area (Å²) in [5.74, 6) is -1.10. The second-order valence-electron chi connectivity index (χ2n) is 4.57. The van der Waals surface area contributed by atoms with Gasteiger partial charge in [0.15, 0.2) is 9.84 Å². The standard InChI is InChI=1S/C13H18N2O5S/c1-3-4-11(12(16)17)15-13(18)14-9-5-7-10(8-6-9)21(2,19)20/h5-8,11H,3-4H2,1-2H3,(H,16,17)(H2,14,15,18)/t11-/m1/s1. The van der Waals surface area contributed by atoms with Crippen LogP contribution in [0.15, 0.2) is 29.2 Å². The van der Waals surface area contributed by atoms with Gasteiger partial charge in [0, 0.05) is 11.9 Å². The molecule has 0 aliphatic carbocycles. The van der Waals surface area contributed by atoms with Crippen LogP contribution in [-0.4, -0.2) is 37.8 Å². The molecule has 0 spiro atoms. The van der Waals surface area contributed by atoms with Crippen LogP contribution < -0.4 is 10.6 Å². The average molecular weight is 314 g/mol. The first-order chi connectivity index (χ1) is 9.74. The van der Waals surface area contributed by atoms with Crippen LogP contribution in [0, 0.1) is 0 Å². The van der Waals surface area contributed by atoms with Gasteiger partial charge in [-0.1, -0.05) is 13.3 Å². The zero-order chi connectivity index (χ0) is 16.0. The summed E-state index contributed by atoms with van der Waals surface area (Å²) in [4.78, 5) is 22.7. The van der Waals surface area contributed by atoms with E-state index in [4.69, 9.17) is 5.11 Å². The topological polar surface area (TPSA) is 113 Å². The Kier molecular flexibility index (Phi) is 5.71. The van der Waals surface area contributed by atoms with Crippen LogP contribution in [0.25, 0.3) is 0 Å². The third-order valence-corrected chi connectivity index (χ3v) is 3.85. The molecule has 0 fully saturated rings. The van der Waals surface area contributed by atoms with E-state index in [2.05, 4.69) is 10.6 Å². The highest BCUT2D eigenvalue weighted by Gasteiger charge is 2.18. The van der Waals surface area contributed by atoms with Gasteiger partial charge in [0.1, 0.15) is 6.04 Å². The fourth-order valence-corrected chi connectivity index (χ4v) is 2.29. The molecule has 3 N–H and O–H groups in total. The van der Waals surface area contributed by atoms with Crippen molar-refractivity contribution in [2.45, 2.75) is 30.7 Å². The molecule has 0 unspecified atom stereocenters. The molecule has 0 radical (unpaired) electrons. The number of carbonyl (C=O) groups is 2. The number of hydrogen-bond donors (Lipinski definition) is 3. The lowest BCUT2D eigenvalue weighted by atomic mass is 10.2. The number of carboxylic acid groups (broad SMARTS) is 1. The number of carboxylic acids is 1. The number of amides is 2. The molecule has 0 aromatic heterocycles. The Labute approximate surface area is 123 Å². The van der Waals surface area contributed by atoms with Gasteiger partial charge in [-0.3, -0.25) is 0 Å². The Hall–Kier alpha value is -2.09. The molecule has 116 valence electrons. The molecule has 1 aromatic carbocycles. The van der Waals surface area contributed by atoms with Gasteiger partial charge in [0.25, 0.3) is 0 Å². The lowest BCUT2D eigenvalue weighted by molar-refractivity contribution is -0.139. The Morgan fingerprint density at radius 2 is 1.81 bits per heavy atom. The van der Waals surface area contributed by atoms with Gasteiger partial charge >= 0.3 is 12.0 Å². The Morgan fingerprint density at radius 1 is 1.24 bits per heavy atom. The quantitative estimate of drug-likeness (QED) is 0.736. The molecule has 7 nitrogen and oxygen atoms in total. The highest BCUT2D eigenvalue weighted by molar-refractivity contribution is 7.90. The van der Waals surface area contributed by atoms with E-state index in [-0.39, 0.29) is 4.90 Å². The molecule has 0 saturated heterocycles. The predicted molar refractivity (Wildman–Crippen MR) is 78.0 cm³/mol. The number of carbonyl (C=O) groups excluding carboxylic acids is 1. The van der Waals surface area contributed by atoms with Gasteiger partial charge in [0.2, 0.25) is 0 Å². The second-order valence-corrected chi connectivity index (χ2v) is 6.59. The van der Waals surface area contributed by atoms with Crippen LogP contribution in [0.5, 0.6) is 0 Å². The summed E-state index contributed by atoms with van der Waals surface area (Å²) in [5, 5.41) is 13.7. The zero-order valence-electron chi connectivity index (χ0n) is 11.8. The summed E-state index contributed by atoms with van der Waals surface area (Å²) in [7, 11) is -3.29. The summed E-state index contributed by atoms with van der Waals surface area (Å²) in [6.45, 7) is 1.82. The number of benzene rings is 1. The van der Waals surface area contributed by atoms with Crippen LogP contribution in [0.1, 0.15) is 19.8 Å². The zero-order valence-corrected chi connectivity index (χ0v) is 12.6. The first-order valence-electron chi connectivity index (χ1n) is 6.34. The second kappa shape index (κ2) is 7.07. The van der Waals surface area contributed by atoms with Crippen molar-refractivity contribution in [1.82, 2.24) is 5.32 Å². The monoisotopic (exact) mass is 314 g/mol. The smallest absolute Gasteiger partial charge is 0.326 e. The fourth-order valence-electron chi connectivity index (χ4n) is 1.66. The molecule has 21 heavy (non-hydrogen) atoms. The average Bonchev–Trinajstić information content (AvgIpc) is 2.37. The summed E-state index contributed by atoms with van der Waals surface area (Å²) in [5.41, 5.74) is 0.375. The summed E-state index contributed by atoms with van der Waals surface area (Å²) in [6, 6.07) is 4.00. The molecule has 0 bridgehead atoms. The maximum atomic E-state index is 11.7. The highest BCUT2D eigenvalue weighted by atomic mass is 32.2. The Bertz CT molecular complexity index is 610. The number of anilines is 1. The van der Waals surface area contributed by atoms with Gasteiger partial charge in [-0.15, -0.1) is 0 Å². The van der Waals surface area contributed by atoms with Crippen molar-refractivity contribution in [2.24, 2.45) is 0 Å². The minimum Gasteiger partial charge on any atom is -0.480 e. The van der Waals surface area contributed by atoms with Crippen LogP contribution in [0.4, 0.5) is 10.5 Å². The van der Waals surface area contributed by atoms with Gasteiger partial charge in [-0.2, -0.15) is 0 Å². The van der Waals surface area contributed by atoms with Crippen molar-refractivity contribution >= 4 is 27.5 Å². The van der Waals surface area contributed by atoms with Crippen molar-refractivity contribution in [3.63, 3.8) is 0 Å².